The number of nitrogen functional groups attached to an aromatic ring is 1. The molecule has 2 aromatic heterocycles. The molecule has 11 nitrogen and oxygen atoms in total. The van der Waals surface area contributed by atoms with Crippen molar-refractivity contribution in [3.63, 3.8) is 0 Å². The first-order chi connectivity index (χ1) is 17.8. The van der Waals surface area contributed by atoms with Crippen molar-refractivity contribution in [3.8, 4) is 5.88 Å². The molecule has 0 aliphatic heterocycles. The fourth-order valence-corrected chi connectivity index (χ4v) is 3.12. The van der Waals surface area contributed by atoms with E-state index in [9.17, 15) is 22.8 Å². The van der Waals surface area contributed by atoms with Crippen LogP contribution in [0.15, 0.2) is 30.5 Å². The molecule has 0 unspecified atom stereocenters. The van der Waals surface area contributed by atoms with Gasteiger partial charge in [-0.15, -0.1) is 0 Å². The minimum atomic E-state index is -4.93. The molecule has 0 atom stereocenters. The summed E-state index contributed by atoms with van der Waals surface area (Å²) in [5, 5.41) is 4.49. The normalized spacial score (nSPS) is 11.7. The highest BCUT2D eigenvalue weighted by Gasteiger charge is 2.38. The zero-order valence-electron chi connectivity index (χ0n) is 21.1. The average molecular weight is 536 g/mol. The van der Waals surface area contributed by atoms with Gasteiger partial charge in [0, 0.05) is 13.1 Å². The Balaban J connectivity index is 1.60. The van der Waals surface area contributed by atoms with Gasteiger partial charge in [0.2, 0.25) is 11.8 Å². The molecule has 14 heteroatoms. The molecule has 0 radical (unpaired) electrons. The minimum absolute atomic E-state index is 0.0492. The highest BCUT2D eigenvalue weighted by molar-refractivity contribution is 5.81. The lowest BCUT2D eigenvalue weighted by Crippen LogP contribution is -2.36. The monoisotopic (exact) mass is 535 g/mol. The highest BCUT2D eigenvalue weighted by atomic mass is 19.4. The number of alkyl halides is 3. The molecule has 0 saturated heterocycles. The molecular weight excluding hydrogens is 507 g/mol. The Morgan fingerprint density at radius 1 is 1.00 bits per heavy atom. The molecule has 2 heterocycles. The topological polar surface area (TPSA) is 154 Å². The van der Waals surface area contributed by atoms with Crippen LogP contribution in [0.25, 0.3) is 11.2 Å². The number of alkyl carbamates (subject to hydrolysis) is 1. The average Bonchev–Trinajstić information content (AvgIpc) is 2.82. The molecule has 0 spiro atoms. The Labute approximate surface area is 216 Å². The van der Waals surface area contributed by atoms with Gasteiger partial charge in [-0.1, -0.05) is 24.3 Å². The van der Waals surface area contributed by atoms with E-state index in [-0.39, 0.29) is 30.6 Å². The van der Waals surface area contributed by atoms with Gasteiger partial charge in [-0.3, -0.25) is 4.79 Å². The van der Waals surface area contributed by atoms with Crippen LogP contribution in [0.5, 0.6) is 5.88 Å². The van der Waals surface area contributed by atoms with Crippen molar-refractivity contribution in [2.24, 2.45) is 0 Å². The van der Waals surface area contributed by atoms with Crippen molar-refractivity contribution in [1.82, 2.24) is 30.6 Å². The number of hydrogen-bond donors (Lipinski definition) is 3. The summed E-state index contributed by atoms with van der Waals surface area (Å²) >= 11 is 0. The number of fused-ring (bicyclic) bond motifs is 1. The van der Waals surface area contributed by atoms with Crippen molar-refractivity contribution in [3.05, 3.63) is 47.3 Å². The second-order valence-corrected chi connectivity index (χ2v) is 9.24. The number of nitrogens with two attached hydrogens (primary N) is 1. The Bertz CT molecular complexity index is 1280. The SMILES string of the molecule is CC(C)(C)OC(=O)NCCCc1cnc2nc(N)nc(OCc3ccc(CNC(=O)C(F)(F)F)cc3)c2n1. The van der Waals surface area contributed by atoms with Crippen LogP contribution in [-0.2, 0) is 29.1 Å². The number of nitrogens with zero attached hydrogens (tertiary/aromatic N) is 4. The van der Waals surface area contributed by atoms with E-state index in [0.29, 0.717) is 41.7 Å². The quantitative estimate of drug-likeness (QED) is 0.350. The van der Waals surface area contributed by atoms with Crippen LogP contribution in [0.1, 0.15) is 44.0 Å². The molecule has 2 amide bonds. The number of carbonyl (C=O) groups is 2. The summed E-state index contributed by atoms with van der Waals surface area (Å²) in [4.78, 5) is 39.7. The minimum Gasteiger partial charge on any atom is -0.471 e. The number of aromatic nitrogens is 4. The lowest BCUT2D eigenvalue weighted by Gasteiger charge is -2.19. The molecular formula is C24H28F3N7O4. The number of anilines is 1. The second kappa shape index (κ2) is 11.9. The Morgan fingerprint density at radius 2 is 1.68 bits per heavy atom. The van der Waals surface area contributed by atoms with E-state index in [0.717, 1.165) is 0 Å². The Kier molecular flexibility index (Phi) is 8.86. The number of halogens is 3. The van der Waals surface area contributed by atoms with Crippen molar-refractivity contribution in [2.45, 2.75) is 58.5 Å². The van der Waals surface area contributed by atoms with E-state index in [1.165, 1.54) is 0 Å². The molecule has 38 heavy (non-hydrogen) atoms. The van der Waals surface area contributed by atoms with Gasteiger partial charge in [0.25, 0.3) is 0 Å². The predicted molar refractivity (Wildman–Crippen MR) is 131 cm³/mol. The van der Waals surface area contributed by atoms with Crippen molar-refractivity contribution in [1.29, 1.82) is 0 Å². The number of aryl methyl sites for hydroxylation is 1. The summed E-state index contributed by atoms with van der Waals surface area (Å²) in [5.74, 6) is -1.93. The lowest BCUT2D eigenvalue weighted by atomic mass is 10.1. The third-order valence-electron chi connectivity index (χ3n) is 4.83. The van der Waals surface area contributed by atoms with Crippen LogP contribution >= 0.6 is 0 Å². The number of carbonyl (C=O) groups excluding carboxylic acids is 2. The number of nitrogens with one attached hydrogen (secondary N) is 2. The molecule has 0 aliphatic carbocycles. The maximum absolute atomic E-state index is 12.3. The van der Waals surface area contributed by atoms with Crippen molar-refractivity contribution >= 4 is 29.1 Å². The molecule has 0 fully saturated rings. The summed E-state index contributed by atoms with van der Waals surface area (Å²) in [7, 11) is 0. The fourth-order valence-electron chi connectivity index (χ4n) is 3.12. The Morgan fingerprint density at radius 3 is 2.34 bits per heavy atom. The van der Waals surface area contributed by atoms with Crippen LogP contribution in [0.2, 0.25) is 0 Å². The fraction of sp³-hybridized carbons (Fsp3) is 0.417. The first-order valence-electron chi connectivity index (χ1n) is 11.6. The number of ether oxygens (including phenoxy) is 2. The van der Waals surface area contributed by atoms with E-state index >= 15 is 0 Å². The Hall–Kier alpha value is -4.23. The maximum atomic E-state index is 12.3. The summed E-state index contributed by atoms with van der Waals surface area (Å²) in [6.45, 7) is 5.52. The summed E-state index contributed by atoms with van der Waals surface area (Å²) in [5.41, 5.74) is 7.56. The van der Waals surface area contributed by atoms with Crippen LogP contribution in [0, 0.1) is 0 Å². The zero-order chi connectivity index (χ0) is 27.9. The zero-order valence-corrected chi connectivity index (χ0v) is 21.1. The van der Waals surface area contributed by atoms with Crippen LogP contribution in [0.3, 0.4) is 0 Å². The predicted octanol–water partition coefficient (Wildman–Crippen LogP) is 3.22. The second-order valence-electron chi connectivity index (χ2n) is 9.24. The third kappa shape index (κ3) is 8.71. The van der Waals surface area contributed by atoms with Crippen molar-refractivity contribution in [2.75, 3.05) is 12.3 Å². The largest absolute Gasteiger partial charge is 0.471 e. The number of benzene rings is 1. The van der Waals surface area contributed by atoms with Crippen LogP contribution in [0.4, 0.5) is 23.9 Å². The summed E-state index contributed by atoms with van der Waals surface area (Å²) in [6, 6.07) is 6.45. The van der Waals surface area contributed by atoms with Gasteiger partial charge in [-0.25, -0.2) is 14.8 Å². The van der Waals surface area contributed by atoms with Crippen molar-refractivity contribution < 1.29 is 32.2 Å². The standard InChI is InChI=1S/C24H28F3N7O4/c1-23(2,3)38-22(36)29-10-4-5-16-12-30-18-17(32-16)19(34-21(28)33-18)37-13-15-8-6-14(7-9-15)11-31-20(35)24(25,26)27/h6-9,12H,4-5,10-11,13H2,1-3H3,(H,29,36)(H,31,35)(H2,28,30,33,34). The first-order valence-corrected chi connectivity index (χ1v) is 11.6. The van der Waals surface area contributed by atoms with Gasteiger partial charge in [0.05, 0.1) is 11.9 Å². The molecule has 0 saturated carbocycles. The number of amides is 2. The highest BCUT2D eigenvalue weighted by Crippen LogP contribution is 2.22. The third-order valence-corrected chi connectivity index (χ3v) is 4.83. The van der Waals surface area contributed by atoms with Crippen LogP contribution in [-0.4, -0.2) is 50.3 Å². The van der Waals surface area contributed by atoms with Gasteiger partial charge in [0.15, 0.2) is 11.2 Å². The van der Waals surface area contributed by atoms with Gasteiger partial charge in [0.1, 0.15) is 12.2 Å². The van der Waals surface area contributed by atoms with E-state index in [1.807, 2.05) is 5.32 Å². The van der Waals surface area contributed by atoms with Crippen LogP contribution < -0.4 is 21.1 Å². The summed E-state index contributed by atoms with van der Waals surface area (Å²) in [6.07, 6.45) is -2.78. The molecule has 3 rings (SSSR count). The molecule has 4 N–H and O–H groups in total. The van der Waals surface area contributed by atoms with Gasteiger partial charge in [-0.2, -0.15) is 23.1 Å². The van der Waals surface area contributed by atoms with E-state index in [1.54, 1.807) is 51.2 Å². The van der Waals surface area contributed by atoms with E-state index < -0.39 is 23.8 Å². The van der Waals surface area contributed by atoms with Gasteiger partial charge < -0.3 is 25.8 Å². The van der Waals surface area contributed by atoms with E-state index in [4.69, 9.17) is 15.2 Å². The number of hydrogen-bond acceptors (Lipinski definition) is 9. The van der Waals surface area contributed by atoms with Gasteiger partial charge >= 0.3 is 18.2 Å². The lowest BCUT2D eigenvalue weighted by molar-refractivity contribution is -0.173. The van der Waals surface area contributed by atoms with Gasteiger partial charge in [-0.05, 0) is 44.7 Å². The summed E-state index contributed by atoms with van der Waals surface area (Å²) < 4.78 is 48.0. The molecule has 3 aromatic rings. The number of rotatable bonds is 9. The molecule has 0 aliphatic rings. The first kappa shape index (κ1) is 28.3. The molecule has 204 valence electrons. The maximum Gasteiger partial charge on any atom is 0.471 e. The molecule has 0 bridgehead atoms. The molecule has 1 aromatic carbocycles. The smallest absolute Gasteiger partial charge is 0.471 e. The van der Waals surface area contributed by atoms with E-state index in [2.05, 4.69) is 25.3 Å².